The monoisotopic (exact) mass is 652 g/mol. The van der Waals surface area contributed by atoms with Crippen LogP contribution in [0.25, 0.3) is 0 Å². The van der Waals surface area contributed by atoms with Crippen LogP contribution in [-0.4, -0.2) is 59.6 Å². The molecule has 0 radical (unpaired) electrons. The molecule has 1 aromatic carbocycles. The van der Waals surface area contributed by atoms with Gasteiger partial charge in [-0.15, -0.1) is 0 Å². The van der Waals surface area contributed by atoms with Gasteiger partial charge in [-0.1, -0.05) is 24.3 Å². The molecule has 0 saturated heterocycles. The maximum Gasteiger partial charge on any atom is 1.00 e. The molecule has 0 atom stereocenters. The van der Waals surface area contributed by atoms with Gasteiger partial charge in [0, 0.05) is 49.6 Å². The zero-order valence-electron chi connectivity index (χ0n) is 21.0. The van der Waals surface area contributed by atoms with E-state index in [4.69, 9.17) is 9.47 Å². The van der Waals surface area contributed by atoms with Crippen molar-refractivity contribution in [3.8, 4) is 0 Å². The summed E-state index contributed by atoms with van der Waals surface area (Å²) in [4.78, 5) is 0. The summed E-state index contributed by atoms with van der Waals surface area (Å²) in [5.41, 5.74) is 2.18. The van der Waals surface area contributed by atoms with E-state index < -0.39 is 7.25 Å². The molecule has 5 aromatic rings. The van der Waals surface area contributed by atoms with E-state index >= 15 is 0 Å². The van der Waals surface area contributed by atoms with Crippen LogP contribution in [0.2, 0.25) is 0 Å². The van der Waals surface area contributed by atoms with E-state index in [-0.39, 0.29) is 34.7 Å². The summed E-state index contributed by atoms with van der Waals surface area (Å²) in [6.07, 6.45) is 14.4. The Bertz CT molecular complexity index is 1150. The molecule has 0 saturated carbocycles. The van der Waals surface area contributed by atoms with Crippen LogP contribution in [0.4, 0.5) is 17.3 Å². The van der Waals surface area contributed by atoms with Gasteiger partial charge in [-0.3, -0.25) is 0 Å². The summed E-state index contributed by atoms with van der Waals surface area (Å²) in [6.45, 7) is 1.91. The maximum atomic E-state index is 9.75. The van der Waals surface area contributed by atoms with E-state index in [0.717, 1.165) is 11.1 Å². The molecular weight excluding hydrogens is 627 g/mol. The molecule has 216 valence electrons. The van der Waals surface area contributed by atoms with Crippen molar-refractivity contribution >= 4 is 7.25 Å². The molecular formula is C24H26AgBF4N8O2. The molecule has 0 spiro atoms. The zero-order valence-corrected chi connectivity index (χ0v) is 22.5. The number of aromatic nitrogens is 8. The Kier molecular flexibility index (Phi) is 11.9. The van der Waals surface area contributed by atoms with Gasteiger partial charge in [0.15, 0.2) is 12.3 Å². The summed E-state index contributed by atoms with van der Waals surface area (Å²) in [5, 5.41) is 17.3. The first kappa shape index (κ1) is 31.0. The van der Waals surface area contributed by atoms with Gasteiger partial charge in [-0.05, 0) is 35.4 Å². The summed E-state index contributed by atoms with van der Waals surface area (Å²) in [5.74, 6) is 0. The fourth-order valence-corrected chi connectivity index (χ4v) is 3.67. The summed E-state index contributed by atoms with van der Waals surface area (Å²) in [6, 6.07) is 15.8. The van der Waals surface area contributed by atoms with Gasteiger partial charge >= 0.3 is 29.6 Å². The third-order valence-corrected chi connectivity index (χ3v) is 5.42. The van der Waals surface area contributed by atoms with Crippen molar-refractivity contribution in [2.45, 2.75) is 25.5 Å². The summed E-state index contributed by atoms with van der Waals surface area (Å²) < 4.78 is 58.3. The summed E-state index contributed by atoms with van der Waals surface area (Å²) >= 11 is 0. The molecule has 0 aliphatic rings. The number of ether oxygens (including phenoxy) is 2. The van der Waals surface area contributed by atoms with Crippen LogP contribution in [0.15, 0.2) is 98.1 Å². The first-order valence-electron chi connectivity index (χ1n) is 11.9. The average Bonchev–Trinajstić information content (AvgIpc) is 3.72. The third kappa shape index (κ3) is 9.91. The second kappa shape index (κ2) is 15.3. The topological polar surface area (TPSA) is 89.7 Å². The summed E-state index contributed by atoms with van der Waals surface area (Å²) in [7, 11) is -6.00. The van der Waals surface area contributed by atoms with E-state index in [1.54, 1.807) is 24.8 Å². The van der Waals surface area contributed by atoms with Crippen LogP contribution >= 0.6 is 0 Å². The fraction of sp³-hybridized carbons (Fsp3) is 0.250. The van der Waals surface area contributed by atoms with Gasteiger partial charge < -0.3 is 26.7 Å². The predicted octanol–water partition coefficient (Wildman–Crippen LogP) is 4.30. The van der Waals surface area contributed by atoms with E-state index in [1.165, 1.54) is 0 Å². The van der Waals surface area contributed by atoms with Crippen molar-refractivity contribution in [3.05, 3.63) is 109 Å². The number of nitrogens with zero attached hydrogens (tertiary/aromatic N) is 8. The molecule has 40 heavy (non-hydrogen) atoms. The number of hydrogen-bond acceptors (Lipinski definition) is 6. The quantitative estimate of drug-likeness (QED) is 0.148. The number of benzene rings is 1. The zero-order chi connectivity index (χ0) is 27.5. The van der Waals surface area contributed by atoms with Crippen LogP contribution in [0.1, 0.15) is 23.5 Å². The molecule has 10 nitrogen and oxygen atoms in total. The third-order valence-electron chi connectivity index (χ3n) is 5.42. The molecule has 0 aliphatic carbocycles. The normalized spacial score (nSPS) is 11.3. The Labute approximate surface area is 243 Å². The molecule has 0 bridgehead atoms. The SMILES string of the molecule is F[B-](F)(F)F.[Ag+].c1cnn(C(COCc2ccc(COCC(n3cccn3)n3cccn3)cc2)n2cccn2)c1. The second-order valence-electron chi connectivity index (χ2n) is 8.25. The molecule has 0 aliphatic heterocycles. The Morgan fingerprint density at radius 3 is 1.07 bits per heavy atom. The van der Waals surface area contributed by atoms with E-state index in [1.807, 2.05) is 67.8 Å². The molecule has 4 aromatic heterocycles. The number of halogens is 4. The van der Waals surface area contributed by atoms with E-state index in [9.17, 15) is 17.3 Å². The van der Waals surface area contributed by atoms with Crippen LogP contribution < -0.4 is 0 Å². The Morgan fingerprint density at radius 1 is 0.575 bits per heavy atom. The molecule has 5 rings (SSSR count). The first-order chi connectivity index (χ1) is 18.9. The van der Waals surface area contributed by atoms with E-state index in [2.05, 4.69) is 44.7 Å². The minimum Gasteiger partial charge on any atom is -0.418 e. The standard InChI is InChI=1S/C24H26N8O2.Ag.BF4/c1-9-25-29(13-1)23(30-14-2-10-26-30)19-33-17-21-5-7-22(8-6-21)18-34-20-24(31-15-3-11-27-31)32-16-4-12-28-32;;2-1(3,4)5/h1-16,23-24H,17-20H2;;/q;+1;-1. The minimum atomic E-state index is -6.00. The van der Waals surface area contributed by atoms with Crippen LogP contribution in [0, 0.1) is 0 Å². The van der Waals surface area contributed by atoms with Gasteiger partial charge in [0.1, 0.15) is 0 Å². The Hall–Kier alpha value is -3.49. The Balaban J connectivity index is 0.000000677. The van der Waals surface area contributed by atoms with Gasteiger partial charge in [-0.2, -0.15) is 20.4 Å². The second-order valence-corrected chi connectivity index (χ2v) is 8.25. The largest absolute Gasteiger partial charge is 1.00 e. The van der Waals surface area contributed by atoms with Crippen molar-refractivity contribution in [3.63, 3.8) is 0 Å². The molecule has 0 N–H and O–H groups in total. The van der Waals surface area contributed by atoms with E-state index in [0.29, 0.717) is 26.4 Å². The smallest absolute Gasteiger partial charge is 0.418 e. The van der Waals surface area contributed by atoms with Crippen LogP contribution in [0.3, 0.4) is 0 Å². The van der Waals surface area contributed by atoms with Crippen LogP contribution in [0.5, 0.6) is 0 Å². The van der Waals surface area contributed by atoms with Crippen molar-refractivity contribution in [2.75, 3.05) is 13.2 Å². The molecule has 0 amide bonds. The maximum absolute atomic E-state index is 9.75. The van der Waals surface area contributed by atoms with Gasteiger partial charge in [0.25, 0.3) is 0 Å². The predicted molar refractivity (Wildman–Crippen MR) is 134 cm³/mol. The molecule has 4 heterocycles. The molecule has 0 fully saturated rings. The first-order valence-corrected chi connectivity index (χ1v) is 11.9. The minimum absolute atomic E-state index is 0. The number of hydrogen-bond donors (Lipinski definition) is 0. The average molecular weight is 653 g/mol. The fourth-order valence-electron chi connectivity index (χ4n) is 3.67. The van der Waals surface area contributed by atoms with Gasteiger partial charge in [-0.25, -0.2) is 18.7 Å². The molecule has 16 heteroatoms. The van der Waals surface area contributed by atoms with Crippen molar-refractivity contribution in [2.24, 2.45) is 0 Å². The van der Waals surface area contributed by atoms with Gasteiger partial charge in [0.2, 0.25) is 0 Å². The number of rotatable bonds is 12. The van der Waals surface area contributed by atoms with Crippen LogP contribution in [-0.2, 0) is 45.1 Å². The molecule has 0 unspecified atom stereocenters. The Morgan fingerprint density at radius 2 is 0.850 bits per heavy atom. The van der Waals surface area contributed by atoms with Crippen molar-refractivity contribution in [1.82, 2.24) is 39.1 Å². The van der Waals surface area contributed by atoms with Crippen molar-refractivity contribution in [1.29, 1.82) is 0 Å². The van der Waals surface area contributed by atoms with Gasteiger partial charge in [0.05, 0.1) is 26.4 Å². The van der Waals surface area contributed by atoms with Crippen molar-refractivity contribution < 1.29 is 49.1 Å².